The van der Waals surface area contributed by atoms with Crippen molar-refractivity contribution in [2.75, 3.05) is 32.5 Å². The standard InChI is InChI=1S/C14H25N5O/c1-5-6-16-13-8-17-12(7-18-13)10-19(4)9-11(2)14(20)15-3/h7-8,11H,5-6,9-10H2,1-4H3,(H,15,20)(H,16,18). The van der Waals surface area contributed by atoms with Crippen LogP contribution >= 0.6 is 0 Å². The first kappa shape index (κ1) is 16.4. The maximum Gasteiger partial charge on any atom is 0.223 e. The Morgan fingerprint density at radius 3 is 2.70 bits per heavy atom. The summed E-state index contributed by atoms with van der Waals surface area (Å²) in [4.78, 5) is 22.2. The van der Waals surface area contributed by atoms with Crippen LogP contribution < -0.4 is 10.6 Å². The van der Waals surface area contributed by atoms with Crippen molar-refractivity contribution in [2.45, 2.75) is 26.8 Å². The molecule has 1 atom stereocenters. The molecule has 0 spiro atoms. The van der Waals surface area contributed by atoms with E-state index >= 15 is 0 Å². The Labute approximate surface area is 121 Å². The first-order valence-electron chi connectivity index (χ1n) is 7.01. The number of rotatable bonds is 8. The van der Waals surface area contributed by atoms with Crippen LogP contribution in [0.25, 0.3) is 0 Å². The minimum Gasteiger partial charge on any atom is -0.369 e. The fraction of sp³-hybridized carbons (Fsp3) is 0.643. The van der Waals surface area contributed by atoms with Crippen molar-refractivity contribution >= 4 is 11.7 Å². The Balaban J connectivity index is 2.45. The van der Waals surface area contributed by atoms with Gasteiger partial charge >= 0.3 is 0 Å². The van der Waals surface area contributed by atoms with Gasteiger partial charge in [-0.2, -0.15) is 0 Å². The summed E-state index contributed by atoms with van der Waals surface area (Å²) >= 11 is 0. The van der Waals surface area contributed by atoms with Crippen LogP contribution in [0, 0.1) is 5.92 Å². The highest BCUT2D eigenvalue weighted by atomic mass is 16.1. The van der Waals surface area contributed by atoms with Gasteiger partial charge in [-0.15, -0.1) is 0 Å². The molecule has 6 heteroatoms. The highest BCUT2D eigenvalue weighted by Gasteiger charge is 2.14. The van der Waals surface area contributed by atoms with Gasteiger partial charge in [-0.3, -0.25) is 14.7 Å². The molecule has 0 aromatic carbocycles. The predicted molar refractivity (Wildman–Crippen MR) is 80.4 cm³/mol. The smallest absolute Gasteiger partial charge is 0.223 e. The lowest BCUT2D eigenvalue weighted by atomic mass is 10.1. The molecule has 1 heterocycles. The fourth-order valence-electron chi connectivity index (χ4n) is 1.92. The second-order valence-electron chi connectivity index (χ2n) is 5.03. The van der Waals surface area contributed by atoms with Crippen LogP contribution in [0.3, 0.4) is 0 Å². The van der Waals surface area contributed by atoms with E-state index in [1.54, 1.807) is 19.4 Å². The molecule has 112 valence electrons. The van der Waals surface area contributed by atoms with E-state index in [1.807, 2.05) is 14.0 Å². The lowest BCUT2D eigenvalue weighted by molar-refractivity contribution is -0.124. The molecule has 0 fully saturated rings. The summed E-state index contributed by atoms with van der Waals surface area (Å²) in [5, 5.41) is 5.85. The van der Waals surface area contributed by atoms with E-state index in [1.165, 1.54) is 0 Å². The Bertz CT molecular complexity index is 407. The zero-order valence-corrected chi connectivity index (χ0v) is 12.8. The Morgan fingerprint density at radius 1 is 1.40 bits per heavy atom. The monoisotopic (exact) mass is 279 g/mol. The molecule has 1 rings (SSSR count). The summed E-state index contributed by atoms with van der Waals surface area (Å²) in [6, 6.07) is 0. The molecule has 0 aliphatic heterocycles. The van der Waals surface area contributed by atoms with Crippen LogP contribution in [0.2, 0.25) is 0 Å². The Hall–Kier alpha value is -1.69. The van der Waals surface area contributed by atoms with Gasteiger partial charge in [0.1, 0.15) is 5.82 Å². The van der Waals surface area contributed by atoms with Crippen molar-refractivity contribution in [1.82, 2.24) is 20.2 Å². The van der Waals surface area contributed by atoms with Gasteiger partial charge in [0, 0.05) is 32.6 Å². The number of amides is 1. The van der Waals surface area contributed by atoms with E-state index in [2.05, 4.69) is 32.4 Å². The van der Waals surface area contributed by atoms with Crippen molar-refractivity contribution in [3.05, 3.63) is 18.1 Å². The third kappa shape index (κ3) is 5.52. The summed E-state index contributed by atoms with van der Waals surface area (Å²) in [5.41, 5.74) is 0.902. The molecule has 1 aromatic rings. The van der Waals surface area contributed by atoms with E-state index in [-0.39, 0.29) is 11.8 Å². The average molecular weight is 279 g/mol. The van der Waals surface area contributed by atoms with Gasteiger partial charge in [0.2, 0.25) is 5.91 Å². The predicted octanol–water partition coefficient (Wildman–Crippen LogP) is 1.11. The molecule has 0 saturated heterocycles. The van der Waals surface area contributed by atoms with Crippen molar-refractivity contribution in [2.24, 2.45) is 5.92 Å². The number of nitrogens with one attached hydrogen (secondary N) is 2. The molecule has 1 unspecified atom stereocenters. The van der Waals surface area contributed by atoms with Gasteiger partial charge in [0.05, 0.1) is 18.1 Å². The number of aromatic nitrogens is 2. The number of carbonyl (C=O) groups is 1. The molecule has 6 nitrogen and oxygen atoms in total. The highest BCUT2D eigenvalue weighted by Crippen LogP contribution is 2.05. The molecule has 0 radical (unpaired) electrons. The second kappa shape index (κ2) is 8.47. The molecule has 0 bridgehead atoms. The van der Waals surface area contributed by atoms with E-state index in [9.17, 15) is 4.79 Å². The van der Waals surface area contributed by atoms with Crippen LogP contribution in [0.15, 0.2) is 12.4 Å². The topological polar surface area (TPSA) is 70.2 Å². The molecule has 0 saturated carbocycles. The van der Waals surface area contributed by atoms with E-state index < -0.39 is 0 Å². The molecule has 0 aliphatic carbocycles. The third-order valence-corrected chi connectivity index (χ3v) is 2.97. The number of carbonyl (C=O) groups excluding carboxylic acids is 1. The Morgan fingerprint density at radius 2 is 2.15 bits per heavy atom. The van der Waals surface area contributed by atoms with Crippen LogP contribution in [-0.4, -0.2) is 48.0 Å². The first-order valence-corrected chi connectivity index (χ1v) is 7.01. The van der Waals surface area contributed by atoms with Gasteiger partial charge in [0.25, 0.3) is 0 Å². The van der Waals surface area contributed by atoms with Crippen LogP contribution in [0.4, 0.5) is 5.82 Å². The first-order chi connectivity index (χ1) is 9.56. The normalized spacial score (nSPS) is 12.2. The van der Waals surface area contributed by atoms with Crippen LogP contribution in [0.5, 0.6) is 0 Å². The lowest BCUT2D eigenvalue weighted by Crippen LogP contribution is -2.34. The number of anilines is 1. The van der Waals surface area contributed by atoms with Crippen molar-refractivity contribution in [3.8, 4) is 0 Å². The third-order valence-electron chi connectivity index (χ3n) is 2.97. The maximum absolute atomic E-state index is 11.5. The number of hydrogen-bond acceptors (Lipinski definition) is 5. The van der Waals surface area contributed by atoms with Gasteiger partial charge in [-0.25, -0.2) is 4.98 Å². The van der Waals surface area contributed by atoms with E-state index in [0.29, 0.717) is 13.1 Å². The van der Waals surface area contributed by atoms with Crippen molar-refractivity contribution in [3.63, 3.8) is 0 Å². The van der Waals surface area contributed by atoms with E-state index in [4.69, 9.17) is 0 Å². The zero-order valence-electron chi connectivity index (χ0n) is 12.8. The van der Waals surface area contributed by atoms with E-state index in [0.717, 1.165) is 24.5 Å². The second-order valence-corrected chi connectivity index (χ2v) is 5.03. The van der Waals surface area contributed by atoms with Crippen molar-refractivity contribution in [1.29, 1.82) is 0 Å². The van der Waals surface area contributed by atoms with Gasteiger partial charge in [-0.1, -0.05) is 13.8 Å². The van der Waals surface area contributed by atoms with Crippen LogP contribution in [-0.2, 0) is 11.3 Å². The summed E-state index contributed by atoms with van der Waals surface area (Å²) in [6.07, 6.45) is 4.59. The summed E-state index contributed by atoms with van der Waals surface area (Å²) in [7, 11) is 3.64. The van der Waals surface area contributed by atoms with Gasteiger partial charge < -0.3 is 10.6 Å². The maximum atomic E-state index is 11.5. The fourth-order valence-corrected chi connectivity index (χ4v) is 1.92. The summed E-state index contributed by atoms with van der Waals surface area (Å²) in [5.74, 6) is 0.822. The Kier molecular flexibility index (Phi) is 6.93. The molecule has 2 N–H and O–H groups in total. The summed E-state index contributed by atoms with van der Waals surface area (Å²) < 4.78 is 0. The average Bonchev–Trinajstić information content (AvgIpc) is 2.45. The molecule has 20 heavy (non-hydrogen) atoms. The highest BCUT2D eigenvalue weighted by molar-refractivity contribution is 5.78. The van der Waals surface area contributed by atoms with Gasteiger partial charge in [0.15, 0.2) is 0 Å². The largest absolute Gasteiger partial charge is 0.369 e. The number of nitrogens with zero attached hydrogens (tertiary/aromatic N) is 3. The molecule has 0 aliphatic rings. The van der Waals surface area contributed by atoms with Crippen LogP contribution in [0.1, 0.15) is 26.0 Å². The lowest BCUT2D eigenvalue weighted by Gasteiger charge is -2.19. The molecular weight excluding hydrogens is 254 g/mol. The van der Waals surface area contributed by atoms with Gasteiger partial charge in [-0.05, 0) is 13.5 Å². The van der Waals surface area contributed by atoms with Crippen molar-refractivity contribution < 1.29 is 4.79 Å². The molecule has 1 aromatic heterocycles. The number of hydrogen-bond donors (Lipinski definition) is 2. The molecule has 1 amide bonds. The minimum absolute atomic E-state index is 0.0385. The summed E-state index contributed by atoms with van der Waals surface area (Å²) in [6.45, 7) is 6.30. The SMILES string of the molecule is CCCNc1cnc(CN(C)CC(C)C(=O)NC)cn1. The molecular formula is C14H25N5O. The zero-order chi connectivity index (χ0) is 15.0. The quantitative estimate of drug-likeness (QED) is 0.746. The minimum atomic E-state index is -0.0385.